The van der Waals surface area contributed by atoms with Gasteiger partial charge in [0.2, 0.25) is 0 Å². The highest BCUT2D eigenvalue weighted by atomic mass is 16.2. The summed E-state index contributed by atoms with van der Waals surface area (Å²) < 4.78 is 0. The minimum absolute atomic E-state index is 0.00759. The van der Waals surface area contributed by atoms with Crippen LogP contribution in [0.2, 0.25) is 0 Å². The molecule has 21 heavy (non-hydrogen) atoms. The van der Waals surface area contributed by atoms with Crippen molar-refractivity contribution in [2.24, 2.45) is 5.73 Å². The van der Waals surface area contributed by atoms with Crippen molar-refractivity contribution < 1.29 is 9.59 Å². The van der Waals surface area contributed by atoms with Gasteiger partial charge in [0.15, 0.2) is 5.78 Å². The largest absolute Gasteiger partial charge is 0.351 e. The molecule has 2 aromatic rings. The predicted molar refractivity (Wildman–Crippen MR) is 84.0 cm³/mol. The van der Waals surface area contributed by atoms with Crippen LogP contribution in [0.15, 0.2) is 48.5 Å². The van der Waals surface area contributed by atoms with Crippen LogP contribution in [0.1, 0.15) is 29.8 Å². The molecule has 0 fully saturated rings. The van der Waals surface area contributed by atoms with Crippen LogP contribution in [0.3, 0.4) is 0 Å². The van der Waals surface area contributed by atoms with Gasteiger partial charge >= 0.3 is 6.03 Å². The molecule has 0 saturated carbocycles. The average molecular weight is 282 g/mol. The number of ketones is 1. The van der Waals surface area contributed by atoms with E-state index in [1.165, 1.54) is 4.90 Å². The molecule has 0 aliphatic carbocycles. The molecule has 0 radical (unpaired) electrons. The fraction of sp³-hybridized carbons (Fsp3) is 0.176. The molecule has 1 aliphatic rings. The molecule has 3 rings (SSSR count). The van der Waals surface area contributed by atoms with Crippen LogP contribution in [0.25, 0.3) is 0 Å². The molecule has 2 N–H and O–H groups in total. The van der Waals surface area contributed by atoms with Gasteiger partial charge in [-0.1, -0.05) is 44.2 Å². The number of primary amides is 1. The number of nitrogens with two attached hydrogens (primary N) is 1. The number of anilines is 2. The summed E-state index contributed by atoms with van der Waals surface area (Å²) >= 11 is 0. The summed E-state index contributed by atoms with van der Waals surface area (Å²) in [6.07, 6.45) is 0.275. The molecule has 1 heterocycles. The molecular weight excluding hydrogens is 264 g/mol. The molecule has 2 amide bonds. The lowest BCUT2D eigenvalue weighted by Gasteiger charge is -2.22. The summed E-state index contributed by atoms with van der Waals surface area (Å²) in [6, 6.07) is 13.8. The average Bonchev–Trinajstić information content (AvgIpc) is 2.63. The first-order valence-corrected chi connectivity index (χ1v) is 6.98. The number of nitrogens with zero attached hydrogens (tertiary/aromatic N) is 1. The summed E-state index contributed by atoms with van der Waals surface area (Å²) in [5, 5.41) is 0. The van der Waals surface area contributed by atoms with Gasteiger partial charge in [0.05, 0.1) is 11.4 Å². The number of para-hydroxylation sites is 2. The highest BCUT2D eigenvalue weighted by molar-refractivity contribution is 6.11. The summed E-state index contributed by atoms with van der Waals surface area (Å²) in [4.78, 5) is 25.4. The van der Waals surface area contributed by atoms with Gasteiger partial charge in [0, 0.05) is 12.0 Å². The zero-order valence-electron chi connectivity index (χ0n) is 12.2. The molecule has 1 aliphatic heterocycles. The number of benzene rings is 2. The minimum Gasteiger partial charge on any atom is -0.351 e. The molecule has 0 spiro atoms. The fourth-order valence-corrected chi connectivity index (χ4v) is 2.42. The Morgan fingerprint density at radius 2 is 1.57 bits per heavy atom. The Kier molecular flexibility index (Phi) is 4.38. The van der Waals surface area contributed by atoms with E-state index in [-0.39, 0.29) is 12.2 Å². The fourth-order valence-electron chi connectivity index (χ4n) is 2.42. The van der Waals surface area contributed by atoms with E-state index in [1.54, 1.807) is 30.3 Å². The van der Waals surface area contributed by atoms with Gasteiger partial charge in [-0.15, -0.1) is 0 Å². The van der Waals surface area contributed by atoms with Crippen molar-refractivity contribution in [2.75, 3.05) is 4.90 Å². The zero-order valence-corrected chi connectivity index (χ0v) is 12.2. The first kappa shape index (κ1) is 14.8. The summed E-state index contributed by atoms with van der Waals surface area (Å²) in [5.74, 6) is -0.00759. The number of carbonyl (C=O) groups excluding carboxylic acids is 2. The first-order chi connectivity index (χ1) is 10.2. The third-order valence-corrected chi connectivity index (χ3v) is 3.25. The molecular formula is C17H18N2O2. The summed E-state index contributed by atoms with van der Waals surface area (Å²) in [5.41, 5.74) is 8.04. The van der Waals surface area contributed by atoms with Gasteiger partial charge in [0.1, 0.15) is 0 Å². The Balaban J connectivity index is 0.000000774. The highest BCUT2D eigenvalue weighted by Crippen LogP contribution is 2.35. The van der Waals surface area contributed by atoms with Crippen LogP contribution >= 0.6 is 0 Å². The van der Waals surface area contributed by atoms with Crippen molar-refractivity contribution in [3.05, 3.63) is 59.7 Å². The minimum atomic E-state index is -0.588. The van der Waals surface area contributed by atoms with Crippen molar-refractivity contribution in [3.8, 4) is 0 Å². The number of Topliss-reactive ketones (excluding diaryl/α,β-unsaturated/α-hetero) is 1. The first-order valence-electron chi connectivity index (χ1n) is 6.98. The normalized spacial score (nSPS) is 12.5. The standard InChI is InChI=1S/C15H12N2O2.C2H6/c16-15(19)17-12-7-3-1-5-10(12)9-14(18)11-6-2-4-8-13(11)17;1-2/h1-8H,9H2,(H2,16,19);1-2H3. The van der Waals surface area contributed by atoms with E-state index in [0.29, 0.717) is 16.9 Å². The number of carbonyl (C=O) groups is 2. The molecule has 0 bridgehead atoms. The lowest BCUT2D eigenvalue weighted by molar-refractivity contribution is 0.0994. The van der Waals surface area contributed by atoms with E-state index < -0.39 is 6.03 Å². The molecule has 0 aromatic heterocycles. The second kappa shape index (κ2) is 6.22. The predicted octanol–water partition coefficient (Wildman–Crippen LogP) is 3.67. The molecule has 4 heteroatoms. The van der Waals surface area contributed by atoms with Crippen LogP contribution in [0, 0.1) is 0 Å². The van der Waals surface area contributed by atoms with E-state index >= 15 is 0 Å². The van der Waals surface area contributed by atoms with E-state index in [2.05, 4.69) is 0 Å². The van der Waals surface area contributed by atoms with E-state index in [1.807, 2.05) is 32.0 Å². The number of hydrogen-bond donors (Lipinski definition) is 1. The second-order valence-corrected chi connectivity index (χ2v) is 4.42. The Labute approximate surface area is 124 Å². The Bertz CT molecular complexity index is 680. The highest BCUT2D eigenvalue weighted by Gasteiger charge is 2.27. The van der Waals surface area contributed by atoms with Crippen LogP contribution in [0.5, 0.6) is 0 Å². The van der Waals surface area contributed by atoms with Gasteiger partial charge < -0.3 is 5.73 Å². The van der Waals surface area contributed by atoms with E-state index in [0.717, 1.165) is 5.56 Å². The molecule has 0 unspecified atom stereocenters. The van der Waals surface area contributed by atoms with E-state index in [4.69, 9.17) is 5.73 Å². The van der Waals surface area contributed by atoms with Gasteiger partial charge in [-0.05, 0) is 23.8 Å². The van der Waals surface area contributed by atoms with Crippen molar-refractivity contribution in [3.63, 3.8) is 0 Å². The lowest BCUT2D eigenvalue weighted by Crippen LogP contribution is -2.32. The van der Waals surface area contributed by atoms with Crippen LogP contribution < -0.4 is 10.6 Å². The quantitative estimate of drug-likeness (QED) is 0.801. The second-order valence-electron chi connectivity index (χ2n) is 4.42. The maximum atomic E-state index is 12.3. The number of amides is 2. The van der Waals surface area contributed by atoms with Gasteiger partial charge in [-0.2, -0.15) is 0 Å². The number of urea groups is 1. The van der Waals surface area contributed by atoms with Gasteiger partial charge in [0.25, 0.3) is 0 Å². The third-order valence-electron chi connectivity index (χ3n) is 3.25. The van der Waals surface area contributed by atoms with Crippen LogP contribution in [-0.2, 0) is 6.42 Å². The maximum Gasteiger partial charge on any atom is 0.323 e. The maximum absolute atomic E-state index is 12.3. The van der Waals surface area contributed by atoms with Crippen molar-refractivity contribution in [2.45, 2.75) is 20.3 Å². The molecule has 108 valence electrons. The Hall–Kier alpha value is -2.62. The summed E-state index contributed by atoms with van der Waals surface area (Å²) in [6.45, 7) is 4.00. The molecule has 4 nitrogen and oxygen atoms in total. The van der Waals surface area contributed by atoms with Crippen molar-refractivity contribution >= 4 is 23.2 Å². The third kappa shape index (κ3) is 2.65. The van der Waals surface area contributed by atoms with Crippen LogP contribution in [-0.4, -0.2) is 11.8 Å². The van der Waals surface area contributed by atoms with Gasteiger partial charge in [-0.3, -0.25) is 9.69 Å². The van der Waals surface area contributed by atoms with Gasteiger partial charge in [-0.25, -0.2) is 4.79 Å². The molecule has 0 atom stereocenters. The van der Waals surface area contributed by atoms with Crippen molar-refractivity contribution in [1.29, 1.82) is 0 Å². The molecule has 2 aromatic carbocycles. The number of rotatable bonds is 0. The SMILES string of the molecule is CC.NC(=O)N1c2ccccc2CC(=O)c2ccccc21. The lowest BCUT2D eigenvalue weighted by atomic mass is 10.0. The van der Waals surface area contributed by atoms with Crippen molar-refractivity contribution in [1.82, 2.24) is 0 Å². The Morgan fingerprint density at radius 3 is 2.24 bits per heavy atom. The smallest absolute Gasteiger partial charge is 0.323 e. The number of hydrogen-bond acceptors (Lipinski definition) is 2. The molecule has 0 saturated heterocycles. The summed E-state index contributed by atoms with van der Waals surface area (Å²) in [7, 11) is 0. The number of fused-ring (bicyclic) bond motifs is 2. The Morgan fingerprint density at radius 1 is 1.00 bits per heavy atom. The van der Waals surface area contributed by atoms with Crippen LogP contribution in [0.4, 0.5) is 16.2 Å². The topological polar surface area (TPSA) is 63.4 Å². The van der Waals surface area contributed by atoms with E-state index in [9.17, 15) is 9.59 Å². The monoisotopic (exact) mass is 282 g/mol. The zero-order chi connectivity index (χ0) is 15.4.